The van der Waals surface area contributed by atoms with Crippen molar-refractivity contribution in [3.05, 3.63) is 0 Å². The molecule has 0 aliphatic carbocycles. The SMILES string of the molecule is CCCCCCCCCCCCCCCCCCCOC(=O)C(CC)CC. The van der Waals surface area contributed by atoms with E-state index in [1.54, 1.807) is 0 Å². The van der Waals surface area contributed by atoms with Crippen molar-refractivity contribution in [1.82, 2.24) is 0 Å². The quantitative estimate of drug-likeness (QED) is 0.147. The van der Waals surface area contributed by atoms with Gasteiger partial charge in [0.05, 0.1) is 12.5 Å². The molecule has 0 spiro atoms. The van der Waals surface area contributed by atoms with Crippen LogP contribution in [-0.4, -0.2) is 12.6 Å². The first-order valence-electron chi connectivity index (χ1n) is 12.4. The maximum atomic E-state index is 11.8. The summed E-state index contributed by atoms with van der Waals surface area (Å²) in [4.78, 5) is 11.8. The molecule has 0 aromatic rings. The van der Waals surface area contributed by atoms with Crippen molar-refractivity contribution in [2.45, 2.75) is 143 Å². The molecule has 0 saturated carbocycles. The van der Waals surface area contributed by atoms with Crippen LogP contribution in [0.4, 0.5) is 0 Å². The first kappa shape index (κ1) is 26.5. The summed E-state index contributed by atoms with van der Waals surface area (Å²) in [6.45, 7) is 7.03. The van der Waals surface area contributed by atoms with Gasteiger partial charge in [0.1, 0.15) is 0 Å². The van der Waals surface area contributed by atoms with E-state index in [0.29, 0.717) is 6.61 Å². The van der Waals surface area contributed by atoms with Crippen LogP contribution in [0.25, 0.3) is 0 Å². The minimum Gasteiger partial charge on any atom is -0.465 e. The van der Waals surface area contributed by atoms with Crippen LogP contribution in [0.2, 0.25) is 0 Å². The number of unbranched alkanes of at least 4 members (excludes halogenated alkanes) is 16. The number of ether oxygens (including phenoxy) is 1. The van der Waals surface area contributed by atoms with Gasteiger partial charge >= 0.3 is 5.97 Å². The molecule has 0 fully saturated rings. The van der Waals surface area contributed by atoms with Gasteiger partial charge in [0.2, 0.25) is 0 Å². The predicted octanol–water partition coefficient (Wildman–Crippen LogP) is 8.62. The Morgan fingerprint density at radius 1 is 0.556 bits per heavy atom. The fourth-order valence-electron chi connectivity index (χ4n) is 3.74. The van der Waals surface area contributed by atoms with Crippen LogP contribution < -0.4 is 0 Å². The zero-order chi connectivity index (χ0) is 20.0. The highest BCUT2D eigenvalue weighted by Crippen LogP contribution is 2.14. The van der Waals surface area contributed by atoms with Gasteiger partial charge < -0.3 is 4.74 Å². The Bertz CT molecular complexity index is 297. The molecule has 0 aliphatic heterocycles. The van der Waals surface area contributed by atoms with Gasteiger partial charge in [0.25, 0.3) is 0 Å². The highest BCUT2D eigenvalue weighted by atomic mass is 16.5. The Balaban J connectivity index is 3.14. The predicted molar refractivity (Wildman–Crippen MR) is 119 cm³/mol. The fraction of sp³-hybridized carbons (Fsp3) is 0.960. The van der Waals surface area contributed by atoms with Crippen LogP contribution >= 0.6 is 0 Å². The van der Waals surface area contributed by atoms with E-state index in [2.05, 4.69) is 20.8 Å². The molecule has 0 N–H and O–H groups in total. The van der Waals surface area contributed by atoms with Crippen LogP contribution in [0, 0.1) is 5.92 Å². The van der Waals surface area contributed by atoms with Gasteiger partial charge in [0, 0.05) is 0 Å². The minimum absolute atomic E-state index is 0.0106. The van der Waals surface area contributed by atoms with Crippen molar-refractivity contribution < 1.29 is 9.53 Å². The molecular weight excluding hydrogens is 332 g/mol. The Kier molecular flexibility index (Phi) is 21.3. The lowest BCUT2D eigenvalue weighted by Gasteiger charge is -2.11. The first-order chi connectivity index (χ1) is 13.3. The molecule has 162 valence electrons. The Morgan fingerprint density at radius 2 is 0.889 bits per heavy atom. The third-order valence-electron chi connectivity index (χ3n) is 5.81. The molecule has 2 heteroatoms. The van der Waals surface area contributed by atoms with E-state index < -0.39 is 0 Å². The van der Waals surface area contributed by atoms with E-state index in [-0.39, 0.29) is 11.9 Å². The third kappa shape index (κ3) is 18.6. The van der Waals surface area contributed by atoms with Crippen LogP contribution in [0.3, 0.4) is 0 Å². The van der Waals surface area contributed by atoms with Crippen molar-refractivity contribution in [1.29, 1.82) is 0 Å². The molecule has 0 bridgehead atoms. The molecule has 0 saturated heterocycles. The van der Waals surface area contributed by atoms with Crippen LogP contribution in [0.5, 0.6) is 0 Å². The molecule has 0 atom stereocenters. The standard InChI is InChI=1S/C25H50O2/c1-4-7-8-9-10-11-12-13-14-15-16-17-18-19-20-21-22-23-27-25(26)24(5-2)6-3/h24H,4-23H2,1-3H3. The van der Waals surface area contributed by atoms with Gasteiger partial charge in [-0.25, -0.2) is 0 Å². The smallest absolute Gasteiger partial charge is 0.308 e. The fourth-order valence-corrected chi connectivity index (χ4v) is 3.74. The summed E-state index contributed by atoms with van der Waals surface area (Å²) in [5.74, 6) is 0.118. The highest BCUT2D eigenvalue weighted by Gasteiger charge is 2.14. The first-order valence-corrected chi connectivity index (χ1v) is 12.4. The lowest BCUT2D eigenvalue weighted by Crippen LogP contribution is -2.16. The van der Waals surface area contributed by atoms with Crippen molar-refractivity contribution in [3.63, 3.8) is 0 Å². The van der Waals surface area contributed by atoms with Gasteiger partial charge in [-0.3, -0.25) is 4.79 Å². The van der Waals surface area contributed by atoms with Gasteiger partial charge in [-0.1, -0.05) is 124 Å². The largest absolute Gasteiger partial charge is 0.465 e. The van der Waals surface area contributed by atoms with E-state index in [9.17, 15) is 4.79 Å². The molecule has 27 heavy (non-hydrogen) atoms. The van der Waals surface area contributed by atoms with E-state index >= 15 is 0 Å². The van der Waals surface area contributed by atoms with Crippen molar-refractivity contribution in [2.24, 2.45) is 5.92 Å². The molecular formula is C25H50O2. The minimum atomic E-state index is 0.0106. The Labute approximate surface area is 171 Å². The Morgan fingerprint density at radius 3 is 1.22 bits per heavy atom. The second-order valence-corrected chi connectivity index (χ2v) is 8.34. The zero-order valence-corrected chi connectivity index (χ0v) is 19.0. The molecule has 0 radical (unpaired) electrons. The molecule has 0 aromatic heterocycles. The molecule has 0 amide bonds. The number of carbonyl (C=O) groups excluding carboxylic acids is 1. The monoisotopic (exact) mass is 382 g/mol. The van der Waals surface area contributed by atoms with Gasteiger partial charge in [-0.2, -0.15) is 0 Å². The summed E-state index contributed by atoms with van der Waals surface area (Å²) in [7, 11) is 0. The maximum Gasteiger partial charge on any atom is 0.308 e. The molecule has 0 rings (SSSR count). The van der Waals surface area contributed by atoms with Gasteiger partial charge in [-0.15, -0.1) is 0 Å². The van der Waals surface area contributed by atoms with E-state index in [4.69, 9.17) is 4.74 Å². The van der Waals surface area contributed by atoms with E-state index in [1.807, 2.05) is 0 Å². The van der Waals surface area contributed by atoms with E-state index in [0.717, 1.165) is 19.3 Å². The van der Waals surface area contributed by atoms with Crippen molar-refractivity contribution >= 4 is 5.97 Å². The maximum absolute atomic E-state index is 11.8. The lowest BCUT2D eigenvalue weighted by molar-refractivity contribution is -0.148. The molecule has 0 aromatic carbocycles. The average Bonchev–Trinajstić information content (AvgIpc) is 2.68. The third-order valence-corrected chi connectivity index (χ3v) is 5.81. The number of esters is 1. The van der Waals surface area contributed by atoms with Gasteiger partial charge in [-0.05, 0) is 19.3 Å². The van der Waals surface area contributed by atoms with E-state index in [1.165, 1.54) is 103 Å². The summed E-state index contributed by atoms with van der Waals surface area (Å²) >= 11 is 0. The number of carbonyl (C=O) groups is 1. The summed E-state index contributed by atoms with van der Waals surface area (Å²) in [6, 6.07) is 0. The molecule has 0 unspecified atom stereocenters. The summed E-state index contributed by atoms with van der Waals surface area (Å²) in [5.41, 5.74) is 0. The summed E-state index contributed by atoms with van der Waals surface area (Å²) in [5, 5.41) is 0. The number of rotatable bonds is 21. The molecule has 2 nitrogen and oxygen atoms in total. The topological polar surface area (TPSA) is 26.3 Å². The van der Waals surface area contributed by atoms with Crippen molar-refractivity contribution in [3.8, 4) is 0 Å². The molecule has 0 aliphatic rings. The van der Waals surface area contributed by atoms with Crippen LogP contribution in [0.15, 0.2) is 0 Å². The normalized spacial score (nSPS) is 11.3. The van der Waals surface area contributed by atoms with Gasteiger partial charge in [0.15, 0.2) is 0 Å². The second-order valence-electron chi connectivity index (χ2n) is 8.34. The van der Waals surface area contributed by atoms with Crippen LogP contribution in [-0.2, 0) is 9.53 Å². The van der Waals surface area contributed by atoms with Crippen molar-refractivity contribution in [2.75, 3.05) is 6.61 Å². The number of hydrogen-bond acceptors (Lipinski definition) is 2. The second kappa shape index (κ2) is 21.8. The highest BCUT2D eigenvalue weighted by molar-refractivity contribution is 5.72. The lowest BCUT2D eigenvalue weighted by atomic mass is 10.0. The average molecular weight is 383 g/mol. The zero-order valence-electron chi connectivity index (χ0n) is 19.0. The number of hydrogen-bond donors (Lipinski definition) is 0. The summed E-state index contributed by atoms with van der Waals surface area (Å²) < 4.78 is 5.37. The summed E-state index contributed by atoms with van der Waals surface area (Å²) in [6.07, 6.45) is 25.2. The molecule has 0 heterocycles. The Hall–Kier alpha value is -0.530. The van der Waals surface area contributed by atoms with Crippen LogP contribution in [0.1, 0.15) is 143 Å².